The second-order valence-corrected chi connectivity index (χ2v) is 7.09. The highest BCUT2D eigenvalue weighted by atomic mass is 32.1. The Bertz CT molecular complexity index is 870. The van der Waals surface area contributed by atoms with Crippen molar-refractivity contribution < 1.29 is 9.53 Å². The molecule has 0 saturated heterocycles. The lowest BCUT2D eigenvalue weighted by Gasteiger charge is -2.36. The molecule has 0 spiro atoms. The maximum Gasteiger partial charge on any atom is 0.254 e. The van der Waals surface area contributed by atoms with Gasteiger partial charge in [0.1, 0.15) is 5.75 Å². The van der Waals surface area contributed by atoms with Crippen LogP contribution < -0.4 is 4.74 Å². The van der Waals surface area contributed by atoms with Crippen LogP contribution in [0.4, 0.5) is 0 Å². The van der Waals surface area contributed by atoms with Gasteiger partial charge in [0.15, 0.2) is 0 Å². The molecule has 126 valence electrons. The molecule has 3 aromatic rings. The first kappa shape index (κ1) is 15.9. The fraction of sp³-hybridized carbons (Fsp3) is 0.190. The third-order valence-corrected chi connectivity index (χ3v) is 5.68. The van der Waals surface area contributed by atoms with Crippen LogP contribution in [0.5, 0.6) is 5.75 Å². The molecule has 2 heterocycles. The van der Waals surface area contributed by atoms with Gasteiger partial charge in [-0.2, -0.15) is 0 Å². The molecule has 0 saturated carbocycles. The second kappa shape index (κ2) is 6.73. The predicted molar refractivity (Wildman–Crippen MR) is 100 cm³/mol. The largest absolute Gasteiger partial charge is 0.497 e. The van der Waals surface area contributed by atoms with Gasteiger partial charge in [0, 0.05) is 17.0 Å². The van der Waals surface area contributed by atoms with E-state index in [9.17, 15) is 4.79 Å². The molecule has 4 heteroatoms. The van der Waals surface area contributed by atoms with Gasteiger partial charge in [-0.25, -0.2) is 0 Å². The van der Waals surface area contributed by atoms with Crippen LogP contribution in [0.1, 0.15) is 32.4 Å². The number of carbonyl (C=O) groups excluding carboxylic acids is 1. The molecular formula is C21H19NO2S. The summed E-state index contributed by atoms with van der Waals surface area (Å²) in [7, 11) is 1.66. The van der Waals surface area contributed by atoms with Crippen molar-refractivity contribution in [2.75, 3.05) is 13.7 Å². The van der Waals surface area contributed by atoms with Gasteiger partial charge < -0.3 is 9.64 Å². The van der Waals surface area contributed by atoms with Crippen molar-refractivity contribution in [2.45, 2.75) is 12.5 Å². The van der Waals surface area contributed by atoms with Crippen molar-refractivity contribution in [2.24, 2.45) is 0 Å². The zero-order valence-corrected chi connectivity index (χ0v) is 14.8. The fourth-order valence-electron chi connectivity index (χ4n) is 3.43. The van der Waals surface area contributed by atoms with Crippen LogP contribution in [0.2, 0.25) is 0 Å². The summed E-state index contributed by atoms with van der Waals surface area (Å²) in [6.07, 6.45) is 0.915. The lowest BCUT2D eigenvalue weighted by molar-refractivity contribution is 0.0696. The molecule has 25 heavy (non-hydrogen) atoms. The third kappa shape index (κ3) is 2.94. The minimum absolute atomic E-state index is 0.0476. The minimum atomic E-state index is -0.0476. The van der Waals surface area contributed by atoms with Crippen molar-refractivity contribution in [3.63, 3.8) is 0 Å². The van der Waals surface area contributed by atoms with Gasteiger partial charge in [-0.1, -0.05) is 30.3 Å². The number of fused-ring (bicyclic) bond motifs is 1. The molecule has 1 aromatic heterocycles. The summed E-state index contributed by atoms with van der Waals surface area (Å²) in [5.74, 6) is 0.907. The van der Waals surface area contributed by atoms with Crippen LogP contribution in [0.25, 0.3) is 0 Å². The average molecular weight is 349 g/mol. The summed E-state index contributed by atoms with van der Waals surface area (Å²) in [4.78, 5) is 16.5. The predicted octanol–water partition coefficient (Wildman–Crippen LogP) is 4.54. The standard InChI is InChI=1S/C21H19NO2S/c1-24-17-9-7-15(8-10-17)20-18-12-14-25-19(18)11-13-22(20)21(23)16-5-3-2-4-6-16/h2-10,12,14,20H,11,13H2,1H3/t20-/m1/s1. The Kier molecular flexibility index (Phi) is 4.28. The first-order chi connectivity index (χ1) is 12.3. The van der Waals surface area contributed by atoms with E-state index in [0.717, 1.165) is 29.8 Å². The zero-order valence-electron chi connectivity index (χ0n) is 14.0. The van der Waals surface area contributed by atoms with Gasteiger partial charge in [-0.05, 0) is 53.3 Å². The number of carbonyl (C=O) groups is 1. The SMILES string of the molecule is COc1ccc([C@@H]2c3ccsc3CCN2C(=O)c2ccccc2)cc1. The molecular weight excluding hydrogens is 330 g/mol. The van der Waals surface area contributed by atoms with E-state index in [1.54, 1.807) is 18.4 Å². The van der Waals surface area contributed by atoms with Gasteiger partial charge in [-0.3, -0.25) is 4.79 Å². The first-order valence-electron chi connectivity index (χ1n) is 8.34. The average Bonchev–Trinajstić information content (AvgIpc) is 3.16. The minimum Gasteiger partial charge on any atom is -0.497 e. The highest BCUT2D eigenvalue weighted by Crippen LogP contribution is 2.38. The molecule has 3 nitrogen and oxygen atoms in total. The van der Waals surface area contributed by atoms with E-state index in [-0.39, 0.29) is 11.9 Å². The Labute approximate surface area is 151 Å². The first-order valence-corrected chi connectivity index (χ1v) is 9.22. The molecule has 1 aliphatic heterocycles. The molecule has 1 aliphatic rings. The maximum atomic E-state index is 13.1. The highest BCUT2D eigenvalue weighted by Gasteiger charge is 2.33. The third-order valence-electron chi connectivity index (χ3n) is 4.68. The monoisotopic (exact) mass is 349 g/mol. The summed E-state index contributed by atoms with van der Waals surface area (Å²) in [5, 5.41) is 2.12. The van der Waals surface area contributed by atoms with E-state index in [1.807, 2.05) is 47.4 Å². The van der Waals surface area contributed by atoms with Gasteiger partial charge in [0.25, 0.3) is 5.91 Å². The summed E-state index contributed by atoms with van der Waals surface area (Å²) in [5.41, 5.74) is 3.09. The Balaban J connectivity index is 1.76. The van der Waals surface area contributed by atoms with E-state index in [2.05, 4.69) is 23.6 Å². The lowest BCUT2D eigenvalue weighted by atomic mass is 9.92. The van der Waals surface area contributed by atoms with Crippen LogP contribution in [0.3, 0.4) is 0 Å². The number of hydrogen-bond acceptors (Lipinski definition) is 3. The molecule has 0 unspecified atom stereocenters. The van der Waals surface area contributed by atoms with Gasteiger partial charge in [0.05, 0.1) is 13.2 Å². The summed E-state index contributed by atoms with van der Waals surface area (Å²) in [6, 6.07) is 19.7. The quantitative estimate of drug-likeness (QED) is 0.694. The van der Waals surface area contributed by atoms with Crippen molar-refractivity contribution >= 4 is 17.2 Å². The molecule has 1 amide bonds. The number of thiophene rings is 1. The van der Waals surface area contributed by atoms with Crippen molar-refractivity contribution in [1.29, 1.82) is 0 Å². The van der Waals surface area contributed by atoms with E-state index >= 15 is 0 Å². The lowest BCUT2D eigenvalue weighted by Crippen LogP contribution is -2.40. The normalized spacial score (nSPS) is 16.4. The maximum absolute atomic E-state index is 13.1. The van der Waals surface area contributed by atoms with Crippen LogP contribution in [0, 0.1) is 0 Å². The fourth-order valence-corrected chi connectivity index (χ4v) is 4.33. The molecule has 2 aromatic carbocycles. The molecule has 0 radical (unpaired) electrons. The molecule has 1 atom stereocenters. The van der Waals surface area contributed by atoms with Crippen LogP contribution >= 0.6 is 11.3 Å². The van der Waals surface area contributed by atoms with E-state index in [0.29, 0.717) is 0 Å². The Morgan fingerprint density at radius 1 is 1.08 bits per heavy atom. The van der Waals surface area contributed by atoms with E-state index in [4.69, 9.17) is 4.74 Å². The van der Waals surface area contributed by atoms with E-state index < -0.39 is 0 Å². The van der Waals surface area contributed by atoms with Crippen molar-refractivity contribution in [3.8, 4) is 5.75 Å². The molecule has 0 N–H and O–H groups in total. The Morgan fingerprint density at radius 2 is 1.84 bits per heavy atom. The van der Waals surface area contributed by atoms with Crippen LogP contribution in [0.15, 0.2) is 66.0 Å². The summed E-state index contributed by atoms with van der Waals surface area (Å²) >= 11 is 1.78. The number of methoxy groups -OCH3 is 1. The number of amides is 1. The number of ether oxygens (including phenoxy) is 1. The number of rotatable bonds is 3. The van der Waals surface area contributed by atoms with Crippen molar-refractivity contribution in [3.05, 3.63) is 87.6 Å². The summed E-state index contributed by atoms with van der Waals surface area (Å²) < 4.78 is 5.28. The van der Waals surface area contributed by atoms with Crippen LogP contribution in [-0.4, -0.2) is 24.5 Å². The van der Waals surface area contributed by atoms with Gasteiger partial charge in [0.2, 0.25) is 0 Å². The number of hydrogen-bond donors (Lipinski definition) is 0. The molecule has 4 rings (SSSR count). The molecule has 0 aliphatic carbocycles. The van der Waals surface area contributed by atoms with Crippen molar-refractivity contribution in [1.82, 2.24) is 4.90 Å². The zero-order chi connectivity index (χ0) is 17.2. The van der Waals surface area contributed by atoms with Gasteiger partial charge >= 0.3 is 0 Å². The smallest absolute Gasteiger partial charge is 0.254 e. The Hall–Kier alpha value is -2.59. The number of benzene rings is 2. The second-order valence-electron chi connectivity index (χ2n) is 6.09. The van der Waals surface area contributed by atoms with Crippen LogP contribution in [-0.2, 0) is 6.42 Å². The summed E-state index contributed by atoms with van der Waals surface area (Å²) in [6.45, 7) is 0.734. The number of nitrogens with zero attached hydrogens (tertiary/aromatic N) is 1. The molecule has 0 fully saturated rings. The van der Waals surface area contributed by atoms with E-state index in [1.165, 1.54) is 10.4 Å². The highest BCUT2D eigenvalue weighted by molar-refractivity contribution is 7.10. The topological polar surface area (TPSA) is 29.5 Å². The molecule has 0 bridgehead atoms. The Morgan fingerprint density at radius 3 is 2.56 bits per heavy atom. The van der Waals surface area contributed by atoms with Gasteiger partial charge in [-0.15, -0.1) is 11.3 Å².